The molecule has 4 aromatic rings. The molecule has 10 heteroatoms. The number of rotatable bonds is 6. The molecule has 37 heavy (non-hydrogen) atoms. The van der Waals surface area contributed by atoms with Crippen molar-refractivity contribution in [1.29, 1.82) is 0 Å². The maximum atomic E-state index is 13.6. The highest BCUT2D eigenvalue weighted by molar-refractivity contribution is 7.09. The fraction of sp³-hybridized carbons (Fsp3) is 0.185. The second-order valence-electron chi connectivity index (χ2n) is 7.96. The third-order valence-corrected chi connectivity index (χ3v) is 6.00. The second kappa shape index (κ2) is 10.8. The van der Waals surface area contributed by atoms with Crippen molar-refractivity contribution in [3.63, 3.8) is 0 Å². The van der Waals surface area contributed by atoms with Gasteiger partial charge in [0.25, 0.3) is 0 Å². The number of hydrogen-bond acceptors (Lipinski definition) is 6. The molecule has 0 saturated heterocycles. The Morgan fingerprint density at radius 1 is 1.08 bits per heavy atom. The zero-order valence-electron chi connectivity index (χ0n) is 19.8. The largest absolute Gasteiger partial charge is 0.462 e. The molecule has 0 amide bonds. The lowest BCUT2D eigenvalue weighted by Gasteiger charge is -2.09. The lowest BCUT2D eigenvalue weighted by molar-refractivity contribution is -0.137. The van der Waals surface area contributed by atoms with E-state index in [0.29, 0.717) is 27.4 Å². The van der Waals surface area contributed by atoms with Crippen molar-refractivity contribution < 1.29 is 27.5 Å². The third kappa shape index (κ3) is 6.51. The summed E-state index contributed by atoms with van der Waals surface area (Å²) >= 11 is 1.26. The van der Waals surface area contributed by atoms with E-state index < -0.39 is 17.7 Å². The summed E-state index contributed by atoms with van der Waals surface area (Å²) in [6.07, 6.45) is -1.66. The molecule has 0 radical (unpaired) electrons. The van der Waals surface area contributed by atoms with Gasteiger partial charge in [0.2, 0.25) is 0 Å². The minimum atomic E-state index is -4.57. The van der Waals surface area contributed by atoms with Crippen LogP contribution < -0.4 is 0 Å². The average molecular weight is 524 g/mol. The van der Waals surface area contributed by atoms with Crippen LogP contribution >= 0.6 is 11.3 Å². The number of esters is 1. The molecular weight excluding hydrogens is 503 g/mol. The molecular formula is C27H20F3N3O3S. The molecule has 0 fully saturated rings. The molecule has 0 bridgehead atoms. The van der Waals surface area contributed by atoms with Crippen LogP contribution in [0.1, 0.15) is 56.3 Å². The van der Waals surface area contributed by atoms with Crippen molar-refractivity contribution in [2.45, 2.75) is 26.6 Å². The molecule has 0 aliphatic rings. The van der Waals surface area contributed by atoms with Crippen LogP contribution in [0.2, 0.25) is 0 Å². The van der Waals surface area contributed by atoms with E-state index in [-0.39, 0.29) is 30.1 Å². The third-order valence-electron chi connectivity index (χ3n) is 5.17. The summed E-state index contributed by atoms with van der Waals surface area (Å²) in [4.78, 5) is 27.9. The van der Waals surface area contributed by atoms with E-state index in [1.54, 1.807) is 42.6 Å². The van der Waals surface area contributed by atoms with Gasteiger partial charge in [0.15, 0.2) is 5.78 Å². The molecule has 188 valence electrons. The standard InChI is InChI=1S/C27H20F3N3O3S/c1-3-36-26(35)22-13-31-33(14-22)15-25-32-24(16-37-25)21-10-19(11-23(12-21)27(28,29)30)8-7-18-5-4-6-20(9-18)17(2)34/h4-6,9-14,16H,3,15H2,1-2H3. The lowest BCUT2D eigenvalue weighted by Crippen LogP contribution is -2.05. The Kier molecular flexibility index (Phi) is 7.55. The van der Waals surface area contributed by atoms with Gasteiger partial charge in [0.1, 0.15) is 5.01 Å². The summed E-state index contributed by atoms with van der Waals surface area (Å²) in [5.74, 6) is 5.00. The van der Waals surface area contributed by atoms with Crippen LogP contribution in [-0.4, -0.2) is 33.1 Å². The van der Waals surface area contributed by atoms with Crippen LogP contribution in [-0.2, 0) is 17.5 Å². The predicted molar refractivity (Wildman–Crippen MR) is 132 cm³/mol. The normalized spacial score (nSPS) is 11.1. The van der Waals surface area contributed by atoms with E-state index in [9.17, 15) is 22.8 Å². The van der Waals surface area contributed by atoms with Gasteiger partial charge in [0, 0.05) is 33.8 Å². The van der Waals surface area contributed by atoms with Gasteiger partial charge in [0.05, 0.1) is 36.2 Å². The number of carbonyl (C=O) groups is 2. The number of hydrogen-bond donors (Lipinski definition) is 0. The molecule has 2 aromatic carbocycles. The SMILES string of the molecule is CCOC(=O)c1cnn(Cc2nc(-c3cc(C#Cc4cccc(C(C)=O)c4)cc(C(F)(F)F)c3)cs2)c1. The first-order valence-corrected chi connectivity index (χ1v) is 12.0. The topological polar surface area (TPSA) is 74.1 Å². The lowest BCUT2D eigenvalue weighted by atomic mass is 10.0. The molecule has 6 nitrogen and oxygen atoms in total. The summed E-state index contributed by atoms with van der Waals surface area (Å²) in [6.45, 7) is 3.62. The van der Waals surface area contributed by atoms with Gasteiger partial charge in [-0.15, -0.1) is 11.3 Å². The first kappa shape index (κ1) is 25.9. The Bertz CT molecular complexity index is 1530. The quantitative estimate of drug-likeness (QED) is 0.180. The molecule has 0 aliphatic carbocycles. The van der Waals surface area contributed by atoms with Crippen LogP contribution in [0.3, 0.4) is 0 Å². The van der Waals surface area contributed by atoms with Crippen LogP contribution in [0.15, 0.2) is 60.2 Å². The van der Waals surface area contributed by atoms with E-state index >= 15 is 0 Å². The number of Topliss-reactive ketones (excluding diaryl/α,β-unsaturated/α-hetero) is 1. The molecule has 0 unspecified atom stereocenters. The van der Waals surface area contributed by atoms with E-state index in [0.717, 1.165) is 12.1 Å². The number of benzene rings is 2. The van der Waals surface area contributed by atoms with Crippen molar-refractivity contribution in [1.82, 2.24) is 14.8 Å². The van der Waals surface area contributed by atoms with E-state index in [4.69, 9.17) is 4.74 Å². The van der Waals surface area contributed by atoms with Crippen LogP contribution in [0, 0.1) is 11.8 Å². The highest BCUT2D eigenvalue weighted by Crippen LogP contribution is 2.34. The number of halogens is 3. The molecule has 4 rings (SSSR count). The molecule has 2 heterocycles. The van der Waals surface area contributed by atoms with Crippen molar-refractivity contribution in [3.05, 3.63) is 93.1 Å². The highest BCUT2D eigenvalue weighted by atomic mass is 32.1. The number of thiazole rings is 1. The van der Waals surface area contributed by atoms with Crippen LogP contribution in [0.4, 0.5) is 13.2 Å². The zero-order chi connectivity index (χ0) is 26.6. The van der Waals surface area contributed by atoms with Crippen molar-refractivity contribution in [3.8, 4) is 23.1 Å². The number of ketones is 1. The Morgan fingerprint density at radius 3 is 2.59 bits per heavy atom. The molecule has 0 atom stereocenters. The van der Waals surface area contributed by atoms with Gasteiger partial charge in [-0.25, -0.2) is 9.78 Å². The average Bonchev–Trinajstić information content (AvgIpc) is 3.53. The Balaban J connectivity index is 1.62. The molecule has 0 aliphatic heterocycles. The summed E-state index contributed by atoms with van der Waals surface area (Å²) in [5, 5.41) is 6.38. The maximum Gasteiger partial charge on any atom is 0.416 e. The first-order chi connectivity index (χ1) is 17.6. The van der Waals surface area contributed by atoms with Gasteiger partial charge >= 0.3 is 12.1 Å². The monoisotopic (exact) mass is 523 g/mol. The van der Waals surface area contributed by atoms with Crippen LogP contribution in [0.5, 0.6) is 0 Å². The fourth-order valence-corrected chi connectivity index (χ4v) is 4.19. The highest BCUT2D eigenvalue weighted by Gasteiger charge is 2.31. The van der Waals surface area contributed by atoms with Crippen molar-refractivity contribution in [2.75, 3.05) is 6.61 Å². The van der Waals surface area contributed by atoms with Gasteiger partial charge in [-0.2, -0.15) is 18.3 Å². The predicted octanol–water partition coefficient (Wildman–Crippen LogP) is 5.85. The summed E-state index contributed by atoms with van der Waals surface area (Å²) in [7, 11) is 0. The maximum absolute atomic E-state index is 13.6. The minimum Gasteiger partial charge on any atom is -0.462 e. The van der Waals surface area contributed by atoms with Crippen LogP contribution in [0.25, 0.3) is 11.3 Å². The Labute approximate surface area is 214 Å². The number of carbonyl (C=O) groups excluding carboxylic acids is 2. The smallest absolute Gasteiger partial charge is 0.416 e. The Morgan fingerprint density at radius 2 is 1.86 bits per heavy atom. The summed E-state index contributed by atoms with van der Waals surface area (Å²) < 4.78 is 47.3. The number of nitrogens with zero attached hydrogens (tertiary/aromatic N) is 3. The molecule has 2 aromatic heterocycles. The van der Waals surface area contributed by atoms with Crippen molar-refractivity contribution >= 4 is 23.1 Å². The summed E-state index contributed by atoms with van der Waals surface area (Å²) in [6, 6.07) is 10.2. The first-order valence-electron chi connectivity index (χ1n) is 11.1. The summed E-state index contributed by atoms with van der Waals surface area (Å²) in [5.41, 5.74) is 1.25. The number of ether oxygens (including phenoxy) is 1. The zero-order valence-corrected chi connectivity index (χ0v) is 20.6. The minimum absolute atomic E-state index is 0.128. The number of alkyl halides is 3. The Hall–Kier alpha value is -4.23. The molecule has 0 N–H and O–H groups in total. The van der Waals surface area contributed by atoms with E-state index in [1.807, 2.05) is 0 Å². The molecule has 0 saturated carbocycles. The van der Waals surface area contributed by atoms with Gasteiger partial charge in [-0.3, -0.25) is 9.48 Å². The van der Waals surface area contributed by atoms with Gasteiger partial charge in [-0.05, 0) is 44.2 Å². The number of aromatic nitrogens is 3. The molecule has 0 spiro atoms. The van der Waals surface area contributed by atoms with Gasteiger partial charge < -0.3 is 4.74 Å². The second-order valence-corrected chi connectivity index (χ2v) is 8.90. The van der Waals surface area contributed by atoms with Gasteiger partial charge in [-0.1, -0.05) is 24.0 Å². The van der Waals surface area contributed by atoms with E-state index in [2.05, 4.69) is 21.9 Å². The van der Waals surface area contributed by atoms with E-state index in [1.165, 1.54) is 35.3 Å². The fourth-order valence-electron chi connectivity index (χ4n) is 3.40. The van der Waals surface area contributed by atoms with Crippen molar-refractivity contribution in [2.24, 2.45) is 0 Å².